The van der Waals surface area contributed by atoms with E-state index in [1.54, 1.807) is 19.2 Å². The van der Waals surface area contributed by atoms with E-state index in [0.29, 0.717) is 22.5 Å². The summed E-state index contributed by atoms with van der Waals surface area (Å²) in [5.74, 6) is 1.38. The van der Waals surface area contributed by atoms with Gasteiger partial charge in [-0.15, -0.1) is 10.2 Å². The maximum Gasteiger partial charge on any atom is 0.233 e. The molecule has 0 bridgehead atoms. The molecule has 2 saturated carbocycles. The molecule has 2 aliphatic rings. The Kier molecular flexibility index (Phi) is 4.92. The summed E-state index contributed by atoms with van der Waals surface area (Å²) in [4.78, 5) is 14.0. The van der Waals surface area contributed by atoms with Crippen LogP contribution in [0.2, 0.25) is 5.02 Å². The van der Waals surface area contributed by atoms with Crippen molar-refractivity contribution in [3.8, 4) is 0 Å². The third-order valence-corrected chi connectivity index (χ3v) is 6.03. The van der Waals surface area contributed by atoms with Crippen molar-refractivity contribution in [2.75, 3.05) is 12.8 Å². The minimum Gasteiger partial charge on any atom is -0.341 e. The number of nitrogens with zero attached hydrogens (tertiary/aromatic N) is 4. The molecule has 0 unspecified atom stereocenters. The average Bonchev–Trinajstić information content (AvgIpc) is 3.54. The molecule has 0 spiro atoms. The number of amides is 1. The van der Waals surface area contributed by atoms with Gasteiger partial charge in [-0.1, -0.05) is 29.4 Å². The molecule has 2 fully saturated rings. The highest BCUT2D eigenvalue weighted by atomic mass is 35.5. The monoisotopic (exact) mass is 394 g/mol. The first-order valence-corrected chi connectivity index (χ1v) is 10.2. The van der Waals surface area contributed by atoms with Gasteiger partial charge in [0.05, 0.1) is 5.75 Å². The van der Waals surface area contributed by atoms with Crippen molar-refractivity contribution >= 4 is 29.3 Å². The third kappa shape index (κ3) is 3.74. The van der Waals surface area contributed by atoms with Crippen LogP contribution in [0, 0.1) is 5.82 Å². The first kappa shape index (κ1) is 17.8. The van der Waals surface area contributed by atoms with Crippen LogP contribution in [0.25, 0.3) is 0 Å². The van der Waals surface area contributed by atoms with Gasteiger partial charge in [0.15, 0.2) is 5.16 Å². The summed E-state index contributed by atoms with van der Waals surface area (Å²) in [6.45, 7) is 0.146. The van der Waals surface area contributed by atoms with Crippen molar-refractivity contribution in [3.63, 3.8) is 0 Å². The molecule has 8 heteroatoms. The summed E-state index contributed by atoms with van der Waals surface area (Å²) in [5.41, 5.74) is 0.340. The van der Waals surface area contributed by atoms with Crippen LogP contribution in [0.4, 0.5) is 4.39 Å². The largest absolute Gasteiger partial charge is 0.341 e. The van der Waals surface area contributed by atoms with Gasteiger partial charge in [-0.25, -0.2) is 4.39 Å². The van der Waals surface area contributed by atoms with Crippen LogP contribution < -0.4 is 0 Å². The van der Waals surface area contributed by atoms with Crippen LogP contribution in [0.1, 0.15) is 49.0 Å². The van der Waals surface area contributed by atoms with Crippen molar-refractivity contribution in [3.05, 3.63) is 40.4 Å². The van der Waals surface area contributed by atoms with Crippen molar-refractivity contribution in [1.29, 1.82) is 0 Å². The number of hydrogen-bond donors (Lipinski definition) is 0. The Morgan fingerprint density at radius 1 is 1.35 bits per heavy atom. The average molecular weight is 395 g/mol. The number of thioether (sulfide) groups is 1. The number of carbonyl (C=O) groups excluding carboxylic acids is 1. The number of hydrogen-bond acceptors (Lipinski definition) is 4. The zero-order valence-electron chi connectivity index (χ0n) is 14.5. The molecule has 1 aromatic carbocycles. The fourth-order valence-corrected chi connectivity index (χ4v) is 4.10. The normalized spacial score (nSPS) is 16.7. The number of benzene rings is 1. The van der Waals surface area contributed by atoms with Crippen LogP contribution in [0.5, 0.6) is 0 Å². The highest BCUT2D eigenvalue weighted by Crippen LogP contribution is 2.46. The quantitative estimate of drug-likeness (QED) is 0.665. The van der Waals surface area contributed by atoms with E-state index in [1.807, 2.05) is 0 Å². The summed E-state index contributed by atoms with van der Waals surface area (Å²) < 4.78 is 16.1. The minimum atomic E-state index is -0.396. The highest BCUT2D eigenvalue weighted by molar-refractivity contribution is 7.99. The lowest BCUT2D eigenvalue weighted by Crippen LogP contribution is -2.28. The predicted molar refractivity (Wildman–Crippen MR) is 98.9 cm³/mol. The first-order valence-electron chi connectivity index (χ1n) is 8.79. The number of carbonyl (C=O) groups is 1. The van der Waals surface area contributed by atoms with Crippen LogP contribution in [-0.2, 0) is 11.3 Å². The summed E-state index contributed by atoms with van der Waals surface area (Å²) in [6.07, 6.45) is 4.68. The summed E-state index contributed by atoms with van der Waals surface area (Å²) in [6, 6.07) is 5.03. The van der Waals surface area contributed by atoms with Gasteiger partial charge in [0.25, 0.3) is 0 Å². The Morgan fingerprint density at radius 2 is 2.12 bits per heavy atom. The summed E-state index contributed by atoms with van der Waals surface area (Å²) in [5, 5.41) is 9.81. The zero-order valence-corrected chi connectivity index (χ0v) is 16.1. The summed E-state index contributed by atoms with van der Waals surface area (Å²) >= 11 is 7.46. The topological polar surface area (TPSA) is 51.0 Å². The van der Waals surface area contributed by atoms with Gasteiger partial charge in [-0.3, -0.25) is 4.79 Å². The molecule has 2 aromatic rings. The molecule has 0 aliphatic heterocycles. The first-order chi connectivity index (χ1) is 12.5. The Balaban J connectivity index is 1.39. The molecule has 1 amide bonds. The Hall–Kier alpha value is -1.60. The maximum absolute atomic E-state index is 13.9. The molecule has 0 saturated heterocycles. The molecule has 4 rings (SSSR count). The standard InChI is InChI=1S/C18H20ClFN4OS/c1-23(9-13-14(19)3-2-4-15(13)20)16(25)10-26-18-22-21-17(11-5-6-11)24(18)12-7-8-12/h2-4,11-12H,5-10H2,1H3. The highest BCUT2D eigenvalue weighted by Gasteiger charge is 2.36. The number of rotatable bonds is 7. The van der Waals surface area contributed by atoms with Gasteiger partial charge < -0.3 is 9.47 Å². The molecule has 0 N–H and O–H groups in total. The molecular formula is C18H20ClFN4OS. The predicted octanol–water partition coefficient (Wildman–Crippen LogP) is 4.03. The molecule has 0 atom stereocenters. The van der Waals surface area contributed by atoms with E-state index in [4.69, 9.17) is 11.6 Å². The Labute approximate surface area is 160 Å². The van der Waals surface area contributed by atoms with E-state index in [0.717, 1.165) is 23.8 Å². The summed E-state index contributed by atoms with van der Waals surface area (Å²) in [7, 11) is 1.66. The van der Waals surface area contributed by atoms with Gasteiger partial charge in [0.1, 0.15) is 11.6 Å². The van der Waals surface area contributed by atoms with E-state index in [1.165, 1.54) is 35.6 Å². The van der Waals surface area contributed by atoms with Gasteiger partial charge in [0.2, 0.25) is 5.91 Å². The second kappa shape index (κ2) is 7.19. The van der Waals surface area contributed by atoms with E-state index in [9.17, 15) is 9.18 Å². The Morgan fingerprint density at radius 3 is 2.77 bits per heavy atom. The molecule has 1 aromatic heterocycles. The molecule has 138 valence electrons. The fraction of sp³-hybridized carbons (Fsp3) is 0.500. The van der Waals surface area contributed by atoms with Gasteiger partial charge in [-0.05, 0) is 37.8 Å². The zero-order chi connectivity index (χ0) is 18.3. The lowest BCUT2D eigenvalue weighted by Gasteiger charge is -2.18. The number of halogens is 2. The SMILES string of the molecule is CN(Cc1c(F)cccc1Cl)C(=O)CSc1nnc(C2CC2)n1C1CC1. The molecule has 5 nitrogen and oxygen atoms in total. The van der Waals surface area contributed by atoms with Crippen molar-refractivity contribution in [2.24, 2.45) is 0 Å². The van der Waals surface area contributed by atoms with Gasteiger partial charge >= 0.3 is 0 Å². The Bertz CT molecular complexity index is 814. The van der Waals surface area contributed by atoms with Crippen LogP contribution in [0.3, 0.4) is 0 Å². The molecular weight excluding hydrogens is 375 g/mol. The van der Waals surface area contributed by atoms with Crippen molar-refractivity contribution < 1.29 is 9.18 Å². The second-order valence-electron chi connectivity index (χ2n) is 6.95. The van der Waals surface area contributed by atoms with Crippen molar-refractivity contribution in [1.82, 2.24) is 19.7 Å². The van der Waals surface area contributed by atoms with Crippen LogP contribution >= 0.6 is 23.4 Å². The lowest BCUT2D eigenvalue weighted by atomic mass is 10.2. The molecule has 2 aliphatic carbocycles. The minimum absolute atomic E-state index is 0.0901. The van der Waals surface area contributed by atoms with Gasteiger partial charge in [-0.2, -0.15) is 0 Å². The van der Waals surface area contributed by atoms with Crippen molar-refractivity contribution in [2.45, 2.75) is 49.3 Å². The fourth-order valence-electron chi connectivity index (χ4n) is 2.93. The smallest absolute Gasteiger partial charge is 0.233 e. The van der Waals surface area contributed by atoms with E-state index < -0.39 is 5.82 Å². The number of aromatic nitrogens is 3. The molecule has 1 heterocycles. The molecule has 26 heavy (non-hydrogen) atoms. The van der Waals surface area contributed by atoms with Crippen LogP contribution in [0.15, 0.2) is 23.4 Å². The maximum atomic E-state index is 13.9. The van der Waals surface area contributed by atoms with E-state index in [-0.39, 0.29) is 18.2 Å². The van der Waals surface area contributed by atoms with E-state index >= 15 is 0 Å². The van der Waals surface area contributed by atoms with Gasteiger partial charge in [0, 0.05) is 36.1 Å². The third-order valence-electron chi connectivity index (χ3n) is 4.75. The molecule has 0 radical (unpaired) electrons. The lowest BCUT2D eigenvalue weighted by molar-refractivity contribution is -0.127. The van der Waals surface area contributed by atoms with E-state index in [2.05, 4.69) is 14.8 Å². The van der Waals surface area contributed by atoms with Crippen LogP contribution in [-0.4, -0.2) is 38.4 Å². The second-order valence-corrected chi connectivity index (χ2v) is 8.30.